The summed E-state index contributed by atoms with van der Waals surface area (Å²) < 4.78 is 0. The summed E-state index contributed by atoms with van der Waals surface area (Å²) in [6, 6.07) is 5.85. The van der Waals surface area contributed by atoms with Gasteiger partial charge in [-0.15, -0.1) is 0 Å². The number of anilines is 1. The SMILES string of the molecule is Cc1cccc(C)c1NC(=O)NCC(C)CN(C)C. The standard InChI is InChI=1S/C15H25N3O/c1-11(10-18(4)5)9-16-15(19)17-14-12(2)7-6-8-13(14)3/h6-8,11H,9-10H2,1-5H3,(H2,16,17,19). The van der Waals surface area contributed by atoms with Gasteiger partial charge < -0.3 is 15.5 Å². The second-order valence-corrected chi connectivity index (χ2v) is 5.47. The van der Waals surface area contributed by atoms with Gasteiger partial charge in [0.2, 0.25) is 0 Å². The molecule has 1 atom stereocenters. The van der Waals surface area contributed by atoms with Gasteiger partial charge in [0.15, 0.2) is 0 Å². The minimum Gasteiger partial charge on any atom is -0.338 e. The molecule has 1 aromatic carbocycles. The highest BCUT2D eigenvalue weighted by Crippen LogP contribution is 2.18. The van der Waals surface area contributed by atoms with Gasteiger partial charge in [0.05, 0.1) is 0 Å². The van der Waals surface area contributed by atoms with Crippen molar-refractivity contribution in [3.63, 3.8) is 0 Å². The molecule has 0 bridgehead atoms. The number of urea groups is 1. The average molecular weight is 263 g/mol. The van der Waals surface area contributed by atoms with Crippen molar-refractivity contribution in [2.75, 3.05) is 32.5 Å². The van der Waals surface area contributed by atoms with Crippen LogP contribution >= 0.6 is 0 Å². The van der Waals surface area contributed by atoms with E-state index in [1.807, 2.05) is 46.1 Å². The maximum Gasteiger partial charge on any atom is 0.319 e. The molecule has 4 nitrogen and oxygen atoms in total. The summed E-state index contributed by atoms with van der Waals surface area (Å²) in [6.45, 7) is 7.76. The average Bonchev–Trinajstić information content (AvgIpc) is 2.30. The number of carbonyl (C=O) groups is 1. The van der Waals surface area contributed by atoms with Crippen LogP contribution in [0, 0.1) is 19.8 Å². The third-order valence-corrected chi connectivity index (χ3v) is 3.01. The molecule has 106 valence electrons. The van der Waals surface area contributed by atoms with Crippen LogP contribution in [0.25, 0.3) is 0 Å². The predicted molar refractivity (Wildman–Crippen MR) is 80.7 cm³/mol. The van der Waals surface area contributed by atoms with Crippen molar-refractivity contribution >= 4 is 11.7 Å². The Labute approximate surface area is 116 Å². The lowest BCUT2D eigenvalue weighted by Gasteiger charge is -2.18. The molecule has 0 radical (unpaired) electrons. The normalized spacial score (nSPS) is 12.3. The Morgan fingerprint density at radius 2 is 1.84 bits per heavy atom. The summed E-state index contributed by atoms with van der Waals surface area (Å²) in [4.78, 5) is 14.0. The van der Waals surface area contributed by atoms with E-state index in [2.05, 4.69) is 22.5 Å². The number of nitrogens with zero attached hydrogens (tertiary/aromatic N) is 1. The Balaban J connectivity index is 2.48. The third kappa shape index (κ3) is 5.30. The second kappa shape index (κ2) is 7.14. The first-order chi connectivity index (χ1) is 8.90. The number of hydrogen-bond acceptors (Lipinski definition) is 2. The van der Waals surface area contributed by atoms with Crippen LogP contribution in [0.1, 0.15) is 18.1 Å². The van der Waals surface area contributed by atoms with Gasteiger partial charge in [-0.2, -0.15) is 0 Å². The summed E-state index contributed by atoms with van der Waals surface area (Å²) in [5.41, 5.74) is 3.06. The first kappa shape index (κ1) is 15.5. The Hall–Kier alpha value is -1.55. The van der Waals surface area contributed by atoms with Crippen molar-refractivity contribution in [3.05, 3.63) is 29.3 Å². The van der Waals surface area contributed by atoms with Gasteiger partial charge >= 0.3 is 6.03 Å². The van der Waals surface area contributed by atoms with E-state index in [4.69, 9.17) is 0 Å². The zero-order valence-electron chi connectivity index (χ0n) is 12.6. The number of nitrogens with one attached hydrogen (secondary N) is 2. The van der Waals surface area contributed by atoms with E-state index >= 15 is 0 Å². The molecule has 0 saturated carbocycles. The number of aryl methyl sites for hydroxylation is 2. The zero-order chi connectivity index (χ0) is 14.4. The molecule has 0 spiro atoms. The lowest BCUT2D eigenvalue weighted by atomic mass is 10.1. The van der Waals surface area contributed by atoms with Gasteiger partial charge in [0.1, 0.15) is 0 Å². The highest BCUT2D eigenvalue weighted by atomic mass is 16.2. The predicted octanol–water partition coefficient (Wildman–Crippen LogP) is 2.62. The van der Waals surface area contributed by atoms with Gasteiger partial charge in [0, 0.05) is 18.8 Å². The highest BCUT2D eigenvalue weighted by Gasteiger charge is 2.09. The summed E-state index contributed by atoms with van der Waals surface area (Å²) in [5, 5.41) is 5.84. The van der Waals surface area contributed by atoms with E-state index < -0.39 is 0 Å². The smallest absolute Gasteiger partial charge is 0.319 e. The van der Waals surface area contributed by atoms with Crippen LogP contribution < -0.4 is 10.6 Å². The van der Waals surface area contributed by atoms with E-state index in [-0.39, 0.29) is 6.03 Å². The van der Waals surface area contributed by atoms with Crippen LogP contribution in [0.2, 0.25) is 0 Å². The minimum atomic E-state index is -0.136. The van der Waals surface area contributed by atoms with E-state index in [9.17, 15) is 4.79 Å². The van der Waals surface area contributed by atoms with Crippen LogP contribution in [0.5, 0.6) is 0 Å². The van der Waals surface area contributed by atoms with Crippen molar-refractivity contribution < 1.29 is 4.79 Å². The van der Waals surface area contributed by atoms with E-state index in [1.54, 1.807) is 0 Å². The van der Waals surface area contributed by atoms with Crippen LogP contribution in [0.4, 0.5) is 10.5 Å². The molecule has 0 aromatic heterocycles. The minimum absolute atomic E-state index is 0.136. The van der Waals surface area contributed by atoms with Gasteiger partial charge in [-0.25, -0.2) is 4.79 Å². The van der Waals surface area contributed by atoms with Crippen molar-refractivity contribution in [3.8, 4) is 0 Å². The van der Waals surface area contributed by atoms with E-state index in [0.717, 1.165) is 23.4 Å². The summed E-state index contributed by atoms with van der Waals surface area (Å²) >= 11 is 0. The van der Waals surface area contributed by atoms with Crippen molar-refractivity contribution in [2.45, 2.75) is 20.8 Å². The molecular weight excluding hydrogens is 238 g/mol. The Morgan fingerprint density at radius 1 is 1.26 bits per heavy atom. The molecule has 0 aliphatic heterocycles. The number of para-hydroxylation sites is 1. The number of amides is 2. The zero-order valence-corrected chi connectivity index (χ0v) is 12.6. The van der Waals surface area contributed by atoms with Crippen LogP contribution in [-0.2, 0) is 0 Å². The molecule has 1 rings (SSSR count). The van der Waals surface area contributed by atoms with Gasteiger partial charge in [-0.1, -0.05) is 25.1 Å². The molecule has 2 N–H and O–H groups in total. The van der Waals surface area contributed by atoms with E-state index in [0.29, 0.717) is 12.5 Å². The van der Waals surface area contributed by atoms with Crippen molar-refractivity contribution in [2.24, 2.45) is 5.92 Å². The van der Waals surface area contributed by atoms with Crippen LogP contribution in [0.3, 0.4) is 0 Å². The summed E-state index contributed by atoms with van der Waals surface area (Å²) in [5.74, 6) is 0.429. The lowest BCUT2D eigenvalue weighted by molar-refractivity contribution is 0.248. The maximum absolute atomic E-state index is 11.9. The Kier molecular flexibility index (Phi) is 5.83. The molecular formula is C15H25N3O. The fourth-order valence-electron chi connectivity index (χ4n) is 2.12. The number of benzene rings is 1. The fraction of sp³-hybridized carbons (Fsp3) is 0.533. The molecule has 0 saturated heterocycles. The van der Waals surface area contributed by atoms with Crippen LogP contribution in [-0.4, -0.2) is 38.1 Å². The first-order valence-corrected chi connectivity index (χ1v) is 6.66. The Morgan fingerprint density at radius 3 is 2.37 bits per heavy atom. The molecule has 0 fully saturated rings. The van der Waals surface area contributed by atoms with E-state index in [1.165, 1.54) is 0 Å². The molecule has 1 aromatic rings. The molecule has 19 heavy (non-hydrogen) atoms. The highest BCUT2D eigenvalue weighted by molar-refractivity contribution is 5.90. The Bertz CT molecular complexity index is 409. The number of rotatable bonds is 5. The van der Waals surface area contributed by atoms with Crippen molar-refractivity contribution in [1.29, 1.82) is 0 Å². The summed E-state index contributed by atoms with van der Waals surface area (Å²) in [6.07, 6.45) is 0. The number of hydrogen-bond donors (Lipinski definition) is 2. The maximum atomic E-state index is 11.9. The number of carbonyl (C=O) groups excluding carboxylic acids is 1. The topological polar surface area (TPSA) is 44.4 Å². The molecule has 4 heteroatoms. The fourth-order valence-corrected chi connectivity index (χ4v) is 2.12. The van der Waals surface area contributed by atoms with Gasteiger partial charge in [0.25, 0.3) is 0 Å². The van der Waals surface area contributed by atoms with Crippen molar-refractivity contribution in [1.82, 2.24) is 10.2 Å². The second-order valence-electron chi connectivity index (χ2n) is 5.47. The lowest BCUT2D eigenvalue weighted by Crippen LogP contribution is -2.35. The first-order valence-electron chi connectivity index (χ1n) is 6.66. The monoisotopic (exact) mass is 263 g/mol. The summed E-state index contributed by atoms with van der Waals surface area (Å²) in [7, 11) is 4.07. The molecule has 2 amide bonds. The van der Waals surface area contributed by atoms with Gasteiger partial charge in [-0.3, -0.25) is 0 Å². The van der Waals surface area contributed by atoms with Crippen LogP contribution in [0.15, 0.2) is 18.2 Å². The third-order valence-electron chi connectivity index (χ3n) is 3.01. The molecule has 0 aliphatic carbocycles. The molecule has 0 aliphatic rings. The molecule has 0 heterocycles. The largest absolute Gasteiger partial charge is 0.338 e. The van der Waals surface area contributed by atoms with Gasteiger partial charge in [-0.05, 0) is 45.0 Å². The quantitative estimate of drug-likeness (QED) is 0.857. The molecule has 1 unspecified atom stereocenters.